The first kappa shape index (κ1) is 7.60. The number of rotatable bonds is 4. The van der Waals surface area contributed by atoms with Gasteiger partial charge in [-0.05, 0) is 0 Å². The van der Waals surface area contributed by atoms with Crippen molar-refractivity contribution in [1.29, 1.82) is 0 Å². The van der Waals surface area contributed by atoms with Gasteiger partial charge in [-0.1, -0.05) is 0 Å². The van der Waals surface area contributed by atoms with Crippen LogP contribution in [0.5, 0.6) is 0 Å². The predicted molar refractivity (Wildman–Crippen MR) is 41.3 cm³/mol. The maximum absolute atomic E-state index is 3.71. The summed E-state index contributed by atoms with van der Waals surface area (Å²) in [7, 11) is 0. The van der Waals surface area contributed by atoms with Gasteiger partial charge in [-0.2, -0.15) is 0 Å². The molecule has 0 aliphatic carbocycles. The molecule has 1 nitrogen and oxygen atoms in total. The van der Waals surface area contributed by atoms with Crippen LogP contribution in [-0.2, 0) is 0 Å². The van der Waals surface area contributed by atoms with E-state index in [4.69, 9.17) is 0 Å². The molecule has 8 heavy (non-hydrogen) atoms. The van der Waals surface area contributed by atoms with E-state index in [9.17, 15) is 0 Å². The first-order valence-electron chi connectivity index (χ1n) is 2.99. The molecule has 0 amide bonds. The van der Waals surface area contributed by atoms with Gasteiger partial charge in [0.05, 0.1) is 0 Å². The molecule has 2 heteroatoms. The monoisotopic (exact) mass is 109 g/mol. The second-order valence-electron chi connectivity index (χ2n) is 1.62. The van der Waals surface area contributed by atoms with Crippen LogP contribution < -0.4 is 0 Å². The van der Waals surface area contributed by atoms with E-state index in [2.05, 4.69) is 31.5 Å². The third-order valence-electron chi connectivity index (χ3n) is 0.856. The quantitative estimate of drug-likeness (QED) is 0.290. The van der Waals surface area contributed by atoms with Gasteiger partial charge in [0.1, 0.15) is 0 Å². The standard InChI is InChI=1S/C6H12BN/c1-3-7-5-4-6-8-2/h5H,2-4,6H2,1H3. The molecule has 0 saturated carbocycles. The van der Waals surface area contributed by atoms with E-state index in [1.165, 1.54) is 0 Å². The van der Waals surface area contributed by atoms with Crippen molar-refractivity contribution in [2.45, 2.75) is 19.7 Å². The van der Waals surface area contributed by atoms with Crippen LogP contribution in [0.25, 0.3) is 0 Å². The molecule has 0 aromatic heterocycles. The molecule has 0 aromatic rings. The molecule has 0 heterocycles. The van der Waals surface area contributed by atoms with Crippen LogP contribution in [0.2, 0.25) is 6.32 Å². The van der Waals surface area contributed by atoms with Gasteiger partial charge in [0, 0.05) is 0 Å². The van der Waals surface area contributed by atoms with E-state index >= 15 is 0 Å². The first-order valence-corrected chi connectivity index (χ1v) is 2.99. The summed E-state index contributed by atoms with van der Waals surface area (Å²) in [5, 5.41) is 0. The zero-order valence-corrected chi connectivity index (χ0v) is 5.43. The maximum atomic E-state index is 3.71. The Kier molecular flexibility index (Phi) is 6.28. The van der Waals surface area contributed by atoms with Gasteiger partial charge in [-0.25, -0.2) is 0 Å². The minimum absolute atomic E-state index is 0.858. The van der Waals surface area contributed by atoms with Crippen molar-refractivity contribution in [2.24, 2.45) is 4.99 Å². The van der Waals surface area contributed by atoms with E-state index in [1.54, 1.807) is 0 Å². The molecule has 44 valence electrons. The van der Waals surface area contributed by atoms with E-state index in [1.807, 2.05) is 0 Å². The Bertz CT molecular complexity index is 78.6. The summed E-state index contributed by atoms with van der Waals surface area (Å²) in [5.41, 5.74) is 0. The fourth-order valence-corrected chi connectivity index (χ4v) is 0.450. The molecular weight excluding hydrogens is 96.9 g/mol. The molecule has 0 rings (SSSR count). The Morgan fingerprint density at radius 1 is 1.75 bits per heavy atom. The predicted octanol–water partition coefficient (Wildman–Crippen LogP) is 1.02. The Morgan fingerprint density at radius 3 is 3.00 bits per heavy atom. The SMILES string of the molecule is C=NCC/C=B/CC. The fraction of sp³-hybridized carbons (Fsp3) is 0.667. The van der Waals surface area contributed by atoms with Crippen LogP contribution in [-0.4, -0.2) is 26.1 Å². The zero-order chi connectivity index (χ0) is 6.24. The van der Waals surface area contributed by atoms with Crippen LogP contribution >= 0.6 is 0 Å². The number of nitrogens with zero attached hydrogens (tertiary/aromatic N) is 1. The van der Waals surface area contributed by atoms with Crippen LogP contribution in [0.3, 0.4) is 0 Å². The van der Waals surface area contributed by atoms with E-state index in [0.29, 0.717) is 0 Å². The average Bonchev–Trinajstić information content (AvgIpc) is 1.81. The number of aliphatic imine (C=N–C) groups is 1. The van der Waals surface area contributed by atoms with Gasteiger partial charge < -0.3 is 0 Å². The average molecular weight is 109 g/mol. The summed E-state index contributed by atoms with van der Waals surface area (Å²) in [6, 6.07) is 0. The van der Waals surface area contributed by atoms with Crippen LogP contribution in [0.15, 0.2) is 4.99 Å². The normalized spacial score (nSPS) is 9.12. The topological polar surface area (TPSA) is 12.4 Å². The van der Waals surface area contributed by atoms with Gasteiger partial charge in [0.25, 0.3) is 0 Å². The summed E-state index contributed by atoms with van der Waals surface area (Å²) in [5.74, 6) is 2.13. The minimum atomic E-state index is 0.858. The zero-order valence-electron chi connectivity index (χ0n) is 5.43. The molecule has 0 aromatic carbocycles. The molecule has 0 spiro atoms. The van der Waals surface area contributed by atoms with Gasteiger partial charge in [-0.15, -0.1) is 0 Å². The molecule has 0 unspecified atom stereocenters. The Labute approximate surface area is 51.7 Å². The molecule has 0 aliphatic heterocycles. The van der Waals surface area contributed by atoms with E-state index in [0.717, 1.165) is 19.3 Å². The molecule has 0 bridgehead atoms. The number of hydrogen-bond acceptors (Lipinski definition) is 1. The van der Waals surface area contributed by atoms with Gasteiger partial charge in [-0.3, -0.25) is 0 Å². The molecule has 0 atom stereocenters. The van der Waals surface area contributed by atoms with Crippen LogP contribution in [0.4, 0.5) is 0 Å². The summed E-state index contributed by atoms with van der Waals surface area (Å²) in [6.45, 7) is 8.50. The Hall–Kier alpha value is -0.395. The summed E-state index contributed by atoms with van der Waals surface area (Å²) in [4.78, 5) is 3.71. The van der Waals surface area contributed by atoms with E-state index < -0.39 is 0 Å². The Morgan fingerprint density at radius 2 is 2.50 bits per heavy atom. The van der Waals surface area contributed by atoms with Crippen molar-refractivity contribution in [3.63, 3.8) is 0 Å². The summed E-state index contributed by atoms with van der Waals surface area (Å²) in [6.07, 6.45) is 2.16. The Balaban J connectivity index is 2.90. The fourth-order valence-electron chi connectivity index (χ4n) is 0.450. The molecule has 0 aliphatic rings. The molecule has 0 N–H and O–H groups in total. The van der Waals surface area contributed by atoms with Crippen molar-refractivity contribution in [1.82, 2.24) is 0 Å². The summed E-state index contributed by atoms with van der Waals surface area (Å²) < 4.78 is 0. The second kappa shape index (κ2) is 6.60. The molecule has 0 radical (unpaired) electrons. The van der Waals surface area contributed by atoms with E-state index in [-0.39, 0.29) is 0 Å². The second-order valence-corrected chi connectivity index (χ2v) is 1.62. The van der Waals surface area contributed by atoms with Gasteiger partial charge in [0.2, 0.25) is 0 Å². The van der Waals surface area contributed by atoms with Crippen LogP contribution in [0.1, 0.15) is 13.3 Å². The van der Waals surface area contributed by atoms with Crippen molar-refractivity contribution < 1.29 is 0 Å². The first-order chi connectivity index (χ1) is 3.91. The van der Waals surface area contributed by atoms with Crippen molar-refractivity contribution >= 4 is 19.6 Å². The van der Waals surface area contributed by atoms with Crippen LogP contribution in [0, 0.1) is 0 Å². The molecular formula is C6H12BN. The molecule has 0 fully saturated rings. The van der Waals surface area contributed by atoms with Crippen molar-refractivity contribution in [3.8, 4) is 0 Å². The third-order valence-corrected chi connectivity index (χ3v) is 0.856. The van der Waals surface area contributed by atoms with Crippen molar-refractivity contribution in [2.75, 3.05) is 6.54 Å². The summed E-state index contributed by atoms with van der Waals surface area (Å²) >= 11 is 0. The van der Waals surface area contributed by atoms with Crippen molar-refractivity contribution in [3.05, 3.63) is 0 Å². The van der Waals surface area contributed by atoms with Gasteiger partial charge >= 0.3 is 50.8 Å². The number of hydrogen-bond donors (Lipinski definition) is 0. The third kappa shape index (κ3) is 5.60. The van der Waals surface area contributed by atoms with Gasteiger partial charge in [0.15, 0.2) is 0 Å². The molecule has 0 saturated heterocycles.